The molecule has 5 N–H and O–H groups in total. The van der Waals surface area contributed by atoms with Crippen molar-refractivity contribution >= 4 is 29.5 Å². The summed E-state index contributed by atoms with van der Waals surface area (Å²) in [5, 5.41) is 8.56. The summed E-state index contributed by atoms with van der Waals surface area (Å²) < 4.78 is 0. The minimum Gasteiger partial charge on any atom is -0.363 e. The molecule has 10 nitrogen and oxygen atoms in total. The highest BCUT2D eigenvalue weighted by molar-refractivity contribution is 6.37. The quantitative estimate of drug-likeness (QED) is 0.171. The Balaban J connectivity index is 2.35. The number of urea groups is 1. The van der Waals surface area contributed by atoms with E-state index >= 15 is 0 Å². The molecule has 1 fully saturated rings. The lowest BCUT2D eigenvalue weighted by molar-refractivity contribution is -0.143. The van der Waals surface area contributed by atoms with Gasteiger partial charge in [-0.2, -0.15) is 0 Å². The second kappa shape index (κ2) is 13.5. The van der Waals surface area contributed by atoms with Gasteiger partial charge < -0.3 is 26.6 Å². The fourth-order valence-corrected chi connectivity index (χ4v) is 5.02. The number of likely N-dealkylation sites (tertiary alicyclic amines) is 1. The zero-order valence-electron chi connectivity index (χ0n) is 26.1. The van der Waals surface area contributed by atoms with Gasteiger partial charge in [-0.1, -0.05) is 60.6 Å². The summed E-state index contributed by atoms with van der Waals surface area (Å²) >= 11 is 0. The van der Waals surface area contributed by atoms with Gasteiger partial charge in [0, 0.05) is 18.5 Å². The normalized spacial score (nSPS) is 20.8. The number of Topliss-reactive ketones (excluding diaryl/α,β-unsaturated/α-hetero) is 1. The minimum absolute atomic E-state index is 0.00582. The smallest absolute Gasteiger partial charge is 0.315 e. The van der Waals surface area contributed by atoms with Crippen LogP contribution in [0.3, 0.4) is 0 Å². The van der Waals surface area contributed by atoms with Crippen LogP contribution in [0, 0.1) is 22.7 Å². The molecule has 0 aromatic heterocycles. The Bertz CT molecular complexity index is 1110. The van der Waals surface area contributed by atoms with Crippen LogP contribution < -0.4 is 21.7 Å². The van der Waals surface area contributed by atoms with Gasteiger partial charge in [-0.25, -0.2) is 4.79 Å². The van der Waals surface area contributed by atoms with Crippen molar-refractivity contribution < 1.29 is 24.0 Å². The van der Waals surface area contributed by atoms with E-state index in [0.29, 0.717) is 6.42 Å². The molecule has 0 aromatic rings. The van der Waals surface area contributed by atoms with Gasteiger partial charge in [0.25, 0.3) is 5.91 Å². The van der Waals surface area contributed by atoms with Crippen molar-refractivity contribution in [3.05, 3.63) is 29.5 Å². The monoisotopic (exact) mass is 571 g/mol. The summed E-state index contributed by atoms with van der Waals surface area (Å²) in [7, 11) is 0. The van der Waals surface area contributed by atoms with E-state index in [2.05, 4.69) is 21.7 Å². The first kappa shape index (κ1) is 33.8. The van der Waals surface area contributed by atoms with Crippen molar-refractivity contribution in [1.29, 1.82) is 0 Å². The molecule has 1 aliphatic carbocycles. The third-order valence-corrected chi connectivity index (χ3v) is 7.52. The number of ketones is 1. The fourth-order valence-electron chi connectivity index (χ4n) is 5.02. The van der Waals surface area contributed by atoms with Crippen LogP contribution in [0.2, 0.25) is 0 Å². The molecule has 2 rings (SSSR count). The van der Waals surface area contributed by atoms with Gasteiger partial charge in [0.1, 0.15) is 12.1 Å². The molecule has 0 saturated carbocycles. The highest BCUT2D eigenvalue weighted by atomic mass is 16.2. The number of carbonyl (C=O) groups excluding carboxylic acids is 5. The Hall–Kier alpha value is -3.39. The number of nitrogens with zero attached hydrogens (tertiary/aromatic N) is 1. The maximum Gasteiger partial charge on any atom is 0.315 e. The number of primary amides is 1. The summed E-state index contributed by atoms with van der Waals surface area (Å²) in [5.74, 6) is -3.09. The van der Waals surface area contributed by atoms with E-state index < -0.39 is 53.1 Å². The van der Waals surface area contributed by atoms with Gasteiger partial charge in [0.2, 0.25) is 17.6 Å². The fraction of sp³-hybridized carbons (Fsp3) is 0.677. The van der Waals surface area contributed by atoms with Crippen molar-refractivity contribution in [1.82, 2.24) is 20.9 Å². The first-order valence-electron chi connectivity index (χ1n) is 14.4. The van der Waals surface area contributed by atoms with E-state index in [0.717, 1.165) is 12.0 Å². The van der Waals surface area contributed by atoms with Crippen LogP contribution >= 0.6 is 0 Å². The summed E-state index contributed by atoms with van der Waals surface area (Å²) in [6.07, 6.45) is 6.85. The largest absolute Gasteiger partial charge is 0.363 e. The number of allylic oxidation sites excluding steroid dienone is 2. The van der Waals surface area contributed by atoms with Crippen LogP contribution in [0.5, 0.6) is 0 Å². The lowest BCUT2D eigenvalue weighted by Crippen LogP contribution is -2.61. The average molecular weight is 572 g/mol. The number of rotatable bonds is 11. The number of nitrogens with two attached hydrogens (primary N) is 1. The molecule has 0 bridgehead atoms. The summed E-state index contributed by atoms with van der Waals surface area (Å²) in [6.45, 7) is 17.7. The number of nitrogens with one attached hydrogen (secondary N) is 3. The van der Waals surface area contributed by atoms with Gasteiger partial charge in [0.15, 0.2) is 0 Å². The zero-order valence-corrected chi connectivity index (χ0v) is 26.1. The highest BCUT2D eigenvalue weighted by Crippen LogP contribution is 2.30. The molecule has 1 aliphatic heterocycles. The average Bonchev–Trinajstić information content (AvgIpc) is 3.56. The second-order valence-corrected chi connectivity index (χ2v) is 13.6. The molecular weight excluding hydrogens is 522 g/mol. The molecule has 41 heavy (non-hydrogen) atoms. The van der Waals surface area contributed by atoms with Crippen LogP contribution in [0.25, 0.3) is 0 Å². The van der Waals surface area contributed by atoms with Crippen LogP contribution in [0.4, 0.5) is 4.79 Å². The van der Waals surface area contributed by atoms with Crippen molar-refractivity contribution in [2.24, 2.45) is 28.4 Å². The number of hydrogen-bond acceptors (Lipinski definition) is 5. The van der Waals surface area contributed by atoms with Crippen LogP contribution in [0.15, 0.2) is 29.5 Å². The third-order valence-electron chi connectivity index (χ3n) is 7.52. The van der Waals surface area contributed by atoms with E-state index in [1.54, 1.807) is 0 Å². The predicted octanol–water partition coefficient (Wildman–Crippen LogP) is 2.98. The summed E-state index contributed by atoms with van der Waals surface area (Å²) in [6, 6.07) is -3.49. The summed E-state index contributed by atoms with van der Waals surface area (Å²) in [5.41, 5.74) is 8.52. The van der Waals surface area contributed by atoms with E-state index in [1.807, 2.05) is 80.5 Å². The Morgan fingerprint density at radius 3 is 2.07 bits per heavy atom. The molecule has 228 valence electrons. The van der Waals surface area contributed by atoms with Crippen molar-refractivity contribution in [2.45, 2.75) is 106 Å². The summed E-state index contributed by atoms with van der Waals surface area (Å²) in [4.78, 5) is 66.4. The molecular formula is C31H49N5O5. The van der Waals surface area contributed by atoms with E-state index in [9.17, 15) is 24.0 Å². The number of carbonyl (C=O) groups is 5. The van der Waals surface area contributed by atoms with E-state index in [-0.39, 0.29) is 36.3 Å². The lowest BCUT2D eigenvalue weighted by Gasteiger charge is -2.37. The molecule has 0 aromatic carbocycles. The van der Waals surface area contributed by atoms with E-state index in [4.69, 9.17) is 5.73 Å². The van der Waals surface area contributed by atoms with Crippen LogP contribution in [0.1, 0.15) is 81.6 Å². The molecule has 1 heterocycles. The first-order chi connectivity index (χ1) is 18.8. The molecule has 10 heteroatoms. The predicted molar refractivity (Wildman–Crippen MR) is 158 cm³/mol. The molecule has 1 saturated heterocycles. The van der Waals surface area contributed by atoms with Gasteiger partial charge in [-0.3, -0.25) is 19.2 Å². The van der Waals surface area contributed by atoms with Crippen molar-refractivity contribution in [3.63, 3.8) is 0 Å². The molecule has 5 atom stereocenters. The maximum absolute atomic E-state index is 14.1. The third kappa shape index (κ3) is 9.88. The molecule has 2 aliphatic rings. The van der Waals surface area contributed by atoms with Crippen LogP contribution in [-0.4, -0.2) is 65.1 Å². The SMILES string of the molecule is CC[C@@H](NC(=O)N[C@H](C(=O)N1CC(C=C=C(C)C)C[C@H]1C(=O)NC(CC1C=C1)C(=O)C(N)=O)C(C)(C)C)C(C)(C)C. The molecule has 5 amide bonds. The van der Waals surface area contributed by atoms with Gasteiger partial charge >= 0.3 is 6.03 Å². The Morgan fingerprint density at radius 1 is 1.00 bits per heavy atom. The molecule has 2 unspecified atom stereocenters. The minimum atomic E-state index is -1.12. The van der Waals surface area contributed by atoms with Crippen LogP contribution in [-0.2, 0) is 19.2 Å². The number of amides is 5. The van der Waals surface area contributed by atoms with Gasteiger partial charge in [0.05, 0.1) is 6.04 Å². The number of hydrogen-bond donors (Lipinski definition) is 4. The van der Waals surface area contributed by atoms with Crippen molar-refractivity contribution in [2.75, 3.05) is 6.54 Å². The standard InChI is InChI=1S/C31H49N5O5/c1-10-23(30(4,5)6)34-29(41)35-25(31(7,8)9)28(40)36-17-20(12-11-18(2)3)16-22(36)27(39)33-21(15-19-13-14-19)24(37)26(32)38/h12-14,19-23,25H,10,15-17H2,1-9H3,(H2,32,38)(H,33,39)(H2,34,35,41)/t20?,21?,22-,23+,25+/m0/s1. The molecule has 0 spiro atoms. The second-order valence-electron chi connectivity index (χ2n) is 13.6. The topological polar surface area (TPSA) is 151 Å². The Labute approximate surface area is 244 Å². The first-order valence-corrected chi connectivity index (χ1v) is 14.4. The van der Waals surface area contributed by atoms with Crippen molar-refractivity contribution in [3.8, 4) is 0 Å². The highest BCUT2D eigenvalue weighted by Gasteiger charge is 2.45. The Kier molecular flexibility index (Phi) is 11.1. The van der Waals surface area contributed by atoms with Gasteiger partial charge in [-0.15, -0.1) is 5.73 Å². The molecule has 0 radical (unpaired) electrons. The lowest BCUT2D eigenvalue weighted by atomic mass is 9.84. The maximum atomic E-state index is 14.1. The van der Waals surface area contributed by atoms with Gasteiger partial charge in [-0.05, 0) is 61.5 Å². The Morgan fingerprint density at radius 2 is 1.61 bits per heavy atom. The zero-order chi connectivity index (χ0) is 31.3. The van der Waals surface area contributed by atoms with E-state index in [1.165, 1.54) is 4.90 Å².